The minimum atomic E-state index is -0.708. The lowest BCUT2D eigenvalue weighted by molar-refractivity contribution is -0.150. The number of ether oxygens (including phenoxy) is 2. The van der Waals surface area contributed by atoms with Crippen LogP contribution in [0.4, 0.5) is 4.79 Å². The smallest absolute Gasteiger partial charge is 0.408 e. The van der Waals surface area contributed by atoms with E-state index >= 15 is 0 Å². The van der Waals surface area contributed by atoms with Crippen LogP contribution in [0.2, 0.25) is 0 Å². The minimum Gasteiger partial charge on any atom is -0.459 e. The van der Waals surface area contributed by atoms with Gasteiger partial charge < -0.3 is 19.7 Å². The van der Waals surface area contributed by atoms with Crippen LogP contribution >= 0.6 is 0 Å². The second kappa shape index (κ2) is 6.23. The van der Waals surface area contributed by atoms with Crippen LogP contribution in [0, 0.1) is 0 Å². The molecule has 2 atom stereocenters. The topological polar surface area (TPSA) is 67.9 Å². The molecule has 6 nitrogen and oxygen atoms in total. The number of hydrogen-bond donors (Lipinski definition) is 1. The zero-order valence-electron chi connectivity index (χ0n) is 12.4. The molecule has 1 amide bonds. The molecule has 0 aliphatic carbocycles. The van der Waals surface area contributed by atoms with Gasteiger partial charge in [-0.1, -0.05) is 0 Å². The molecule has 1 aliphatic rings. The van der Waals surface area contributed by atoms with Gasteiger partial charge in [-0.15, -0.1) is 0 Å². The Labute approximate surface area is 114 Å². The van der Waals surface area contributed by atoms with Gasteiger partial charge >= 0.3 is 12.1 Å². The molecule has 0 aromatic carbocycles. The van der Waals surface area contributed by atoms with Gasteiger partial charge in [0.05, 0.1) is 0 Å². The summed E-state index contributed by atoms with van der Waals surface area (Å²) in [5, 5.41) is 2.47. The number of likely N-dealkylation sites (tertiary alicyclic amines) is 1. The zero-order valence-corrected chi connectivity index (χ0v) is 12.4. The Morgan fingerprint density at radius 1 is 1.37 bits per heavy atom. The molecule has 19 heavy (non-hydrogen) atoms. The van der Waals surface area contributed by atoms with E-state index in [0.717, 1.165) is 19.5 Å². The largest absolute Gasteiger partial charge is 0.459 e. The summed E-state index contributed by atoms with van der Waals surface area (Å²) in [7, 11) is 1.98. The van der Waals surface area contributed by atoms with Gasteiger partial charge in [-0.25, -0.2) is 9.59 Å². The maximum atomic E-state index is 11.8. The molecule has 0 saturated carbocycles. The number of alkyl carbamates (subject to hydrolysis) is 1. The summed E-state index contributed by atoms with van der Waals surface area (Å²) in [5.74, 6) is -0.425. The first kappa shape index (κ1) is 15.8. The Balaban J connectivity index is 2.34. The van der Waals surface area contributed by atoms with E-state index in [2.05, 4.69) is 10.2 Å². The van der Waals surface area contributed by atoms with E-state index in [-0.39, 0.29) is 6.10 Å². The van der Waals surface area contributed by atoms with Crippen LogP contribution in [0.1, 0.15) is 34.1 Å². The van der Waals surface area contributed by atoms with Crippen molar-refractivity contribution in [3.05, 3.63) is 0 Å². The van der Waals surface area contributed by atoms with Crippen molar-refractivity contribution in [1.29, 1.82) is 0 Å². The fraction of sp³-hybridized carbons (Fsp3) is 0.846. The van der Waals surface area contributed by atoms with Gasteiger partial charge in [0.25, 0.3) is 0 Å². The van der Waals surface area contributed by atoms with Gasteiger partial charge in [0, 0.05) is 13.1 Å². The number of nitrogens with one attached hydrogen (secondary N) is 1. The second-order valence-electron chi connectivity index (χ2n) is 5.98. The molecule has 0 spiro atoms. The van der Waals surface area contributed by atoms with Crippen LogP contribution in [0.25, 0.3) is 0 Å². The first-order chi connectivity index (χ1) is 8.67. The number of nitrogens with zero attached hydrogens (tertiary/aromatic N) is 1. The van der Waals surface area contributed by atoms with Crippen LogP contribution in [0.3, 0.4) is 0 Å². The van der Waals surface area contributed by atoms with E-state index in [1.807, 2.05) is 7.05 Å². The summed E-state index contributed by atoms with van der Waals surface area (Å²) < 4.78 is 10.4. The molecule has 1 rings (SSSR count). The van der Waals surface area contributed by atoms with Gasteiger partial charge in [-0.2, -0.15) is 0 Å². The fourth-order valence-corrected chi connectivity index (χ4v) is 1.80. The lowest BCUT2D eigenvalue weighted by Gasteiger charge is -2.22. The van der Waals surface area contributed by atoms with Gasteiger partial charge in [0.15, 0.2) is 0 Å². The van der Waals surface area contributed by atoms with Crippen molar-refractivity contribution >= 4 is 12.1 Å². The van der Waals surface area contributed by atoms with Crippen LogP contribution in [-0.4, -0.2) is 54.8 Å². The van der Waals surface area contributed by atoms with Crippen LogP contribution in [0.5, 0.6) is 0 Å². The summed E-state index contributed by atoms with van der Waals surface area (Å²) in [6, 6.07) is -0.708. The number of esters is 1. The average molecular weight is 272 g/mol. The Kier molecular flexibility index (Phi) is 5.17. The zero-order chi connectivity index (χ0) is 14.6. The van der Waals surface area contributed by atoms with E-state index < -0.39 is 23.7 Å². The van der Waals surface area contributed by atoms with E-state index in [4.69, 9.17) is 9.47 Å². The maximum absolute atomic E-state index is 11.8. The molecular weight excluding hydrogens is 248 g/mol. The van der Waals surface area contributed by atoms with E-state index in [0.29, 0.717) is 0 Å². The lowest BCUT2D eigenvalue weighted by atomic mass is 10.2. The number of likely N-dealkylation sites (N-methyl/N-ethyl adjacent to an activating group) is 1. The molecule has 6 heteroatoms. The summed E-state index contributed by atoms with van der Waals surface area (Å²) >= 11 is 0. The van der Waals surface area contributed by atoms with Crippen LogP contribution in [-0.2, 0) is 14.3 Å². The number of carbonyl (C=O) groups is 2. The Bertz CT molecular complexity index is 338. The molecule has 1 N–H and O–H groups in total. The predicted molar refractivity (Wildman–Crippen MR) is 70.8 cm³/mol. The quantitative estimate of drug-likeness (QED) is 0.781. The van der Waals surface area contributed by atoms with Gasteiger partial charge in [0.2, 0.25) is 0 Å². The third kappa shape index (κ3) is 5.92. The predicted octanol–water partition coefficient (Wildman–Crippen LogP) is 1.15. The number of rotatable bonds is 3. The Morgan fingerprint density at radius 2 is 2.00 bits per heavy atom. The highest BCUT2D eigenvalue weighted by atomic mass is 16.6. The molecule has 1 fully saturated rings. The maximum Gasteiger partial charge on any atom is 0.408 e. The van der Waals surface area contributed by atoms with E-state index in [1.165, 1.54) is 0 Å². The van der Waals surface area contributed by atoms with Crippen molar-refractivity contribution in [3.63, 3.8) is 0 Å². The van der Waals surface area contributed by atoms with Crippen LogP contribution < -0.4 is 5.32 Å². The molecule has 1 saturated heterocycles. The highest BCUT2D eigenvalue weighted by Gasteiger charge is 2.27. The van der Waals surface area contributed by atoms with Crippen molar-refractivity contribution in [1.82, 2.24) is 10.2 Å². The summed E-state index contributed by atoms with van der Waals surface area (Å²) in [4.78, 5) is 25.4. The van der Waals surface area contributed by atoms with Crippen molar-refractivity contribution in [2.75, 3.05) is 20.1 Å². The van der Waals surface area contributed by atoms with E-state index in [1.54, 1.807) is 27.7 Å². The molecule has 1 heterocycles. The average Bonchev–Trinajstić information content (AvgIpc) is 2.60. The lowest BCUT2D eigenvalue weighted by Crippen LogP contribution is -2.43. The standard InChI is InChI=1S/C13H24N2O4/c1-9(14-12(17)19-13(2,3)4)11(16)18-10-6-7-15(5)8-10/h9-10H,6-8H2,1-5H3,(H,14,17)/t9-,10+/m0/s1. The van der Waals surface area contributed by atoms with Gasteiger partial charge in [-0.3, -0.25) is 0 Å². The number of carbonyl (C=O) groups excluding carboxylic acids is 2. The molecule has 1 aliphatic heterocycles. The SMILES string of the molecule is C[C@H](NC(=O)OC(C)(C)C)C(=O)O[C@@H]1CCN(C)C1. The van der Waals surface area contributed by atoms with Crippen molar-refractivity contribution in [2.24, 2.45) is 0 Å². The van der Waals surface area contributed by atoms with Crippen molar-refractivity contribution < 1.29 is 19.1 Å². The monoisotopic (exact) mass is 272 g/mol. The highest BCUT2D eigenvalue weighted by molar-refractivity contribution is 5.81. The molecule has 0 aromatic heterocycles. The number of hydrogen-bond acceptors (Lipinski definition) is 5. The van der Waals surface area contributed by atoms with Crippen molar-refractivity contribution in [3.8, 4) is 0 Å². The molecule has 110 valence electrons. The van der Waals surface area contributed by atoms with E-state index in [9.17, 15) is 9.59 Å². The van der Waals surface area contributed by atoms with Gasteiger partial charge in [-0.05, 0) is 41.2 Å². The molecule has 0 radical (unpaired) electrons. The van der Waals surface area contributed by atoms with Gasteiger partial charge in [0.1, 0.15) is 17.7 Å². The molecule has 0 unspecified atom stereocenters. The summed E-state index contributed by atoms with van der Waals surface area (Å²) in [5.41, 5.74) is -0.581. The minimum absolute atomic E-state index is 0.0830. The molecular formula is C13H24N2O4. The summed E-state index contributed by atoms with van der Waals surface area (Å²) in [6.45, 7) is 8.55. The fourth-order valence-electron chi connectivity index (χ4n) is 1.80. The first-order valence-electron chi connectivity index (χ1n) is 6.56. The number of amides is 1. The summed E-state index contributed by atoms with van der Waals surface area (Å²) in [6.07, 6.45) is 0.141. The first-order valence-corrected chi connectivity index (χ1v) is 6.56. The molecule has 0 aromatic rings. The van der Waals surface area contributed by atoms with Crippen molar-refractivity contribution in [2.45, 2.75) is 51.9 Å². The normalized spacial score (nSPS) is 21.8. The van der Waals surface area contributed by atoms with Crippen LogP contribution in [0.15, 0.2) is 0 Å². The Morgan fingerprint density at radius 3 is 2.47 bits per heavy atom. The highest BCUT2D eigenvalue weighted by Crippen LogP contribution is 2.11. The third-order valence-corrected chi connectivity index (χ3v) is 2.72. The Hall–Kier alpha value is -1.30. The molecule has 0 bridgehead atoms. The second-order valence-corrected chi connectivity index (χ2v) is 5.98. The third-order valence-electron chi connectivity index (χ3n) is 2.72.